The zero-order valence-corrected chi connectivity index (χ0v) is 9.67. The lowest BCUT2D eigenvalue weighted by Crippen LogP contribution is -1.97. The molecule has 2 heteroatoms. The van der Waals surface area contributed by atoms with Crippen molar-refractivity contribution in [2.24, 2.45) is 0 Å². The summed E-state index contributed by atoms with van der Waals surface area (Å²) in [5.74, 6) is 0.778. The molecule has 0 fully saturated rings. The molecule has 0 saturated heterocycles. The minimum atomic E-state index is 0.369. The molecule has 82 valence electrons. The first-order chi connectivity index (χ1) is 7.10. The minimum Gasteiger partial charge on any atom is -0.508 e. The quantitative estimate of drug-likeness (QED) is 0.786. The maximum absolute atomic E-state index is 9.87. The Morgan fingerprint density at radius 1 is 1.47 bits per heavy atom. The predicted molar refractivity (Wildman–Crippen MR) is 65.4 cm³/mol. The summed E-state index contributed by atoms with van der Waals surface area (Å²) in [5, 5.41) is 12.9. The molecule has 0 saturated carbocycles. The molecule has 0 aliphatic rings. The van der Waals surface area contributed by atoms with Gasteiger partial charge in [-0.2, -0.15) is 0 Å². The molecule has 1 rings (SSSR count). The predicted octanol–water partition coefficient (Wildman–Crippen LogP) is 3.63. The Bertz CT molecular complexity index is 356. The van der Waals surface area contributed by atoms with E-state index >= 15 is 0 Å². The first-order valence-corrected chi connectivity index (χ1v) is 5.33. The van der Waals surface area contributed by atoms with E-state index in [1.165, 1.54) is 0 Å². The van der Waals surface area contributed by atoms with Gasteiger partial charge in [-0.1, -0.05) is 27.4 Å². The molecule has 0 unspecified atom stereocenters. The van der Waals surface area contributed by atoms with Gasteiger partial charge >= 0.3 is 0 Å². The van der Waals surface area contributed by atoms with E-state index in [1.807, 2.05) is 13.0 Å². The number of phenolic OH excluding ortho intramolecular Hbond substituents is 1. The second-order valence-corrected chi connectivity index (χ2v) is 3.92. The average Bonchev–Trinajstić information content (AvgIpc) is 2.17. The first-order valence-electron chi connectivity index (χ1n) is 5.33. The summed E-state index contributed by atoms with van der Waals surface area (Å²) >= 11 is 0. The molecule has 0 radical (unpaired) electrons. The third-order valence-corrected chi connectivity index (χ3v) is 2.53. The van der Waals surface area contributed by atoms with E-state index in [-0.39, 0.29) is 0 Å². The smallest absolute Gasteiger partial charge is 0.121 e. The van der Waals surface area contributed by atoms with Crippen molar-refractivity contribution >= 4 is 5.69 Å². The van der Waals surface area contributed by atoms with Crippen LogP contribution in [-0.2, 0) is 6.42 Å². The highest BCUT2D eigenvalue weighted by atomic mass is 16.3. The van der Waals surface area contributed by atoms with E-state index in [1.54, 1.807) is 6.20 Å². The van der Waals surface area contributed by atoms with Crippen molar-refractivity contribution in [1.29, 1.82) is 0 Å². The lowest BCUT2D eigenvalue weighted by molar-refractivity contribution is 0.468. The van der Waals surface area contributed by atoms with Crippen LogP contribution >= 0.6 is 0 Å². The summed E-state index contributed by atoms with van der Waals surface area (Å²) in [6.45, 7) is 9.89. The van der Waals surface area contributed by atoms with Gasteiger partial charge in [-0.3, -0.25) is 0 Å². The summed E-state index contributed by atoms with van der Waals surface area (Å²) in [7, 11) is 0. The van der Waals surface area contributed by atoms with Crippen molar-refractivity contribution in [3.05, 3.63) is 36.0 Å². The third kappa shape index (κ3) is 2.52. The van der Waals surface area contributed by atoms with Crippen molar-refractivity contribution in [3.8, 4) is 5.75 Å². The SMILES string of the molecule is C=CNc1cc(C(C)C)cc(O)c1CC. The van der Waals surface area contributed by atoms with E-state index in [4.69, 9.17) is 0 Å². The molecule has 0 heterocycles. The Kier molecular flexibility index (Phi) is 3.78. The molecule has 2 N–H and O–H groups in total. The van der Waals surface area contributed by atoms with E-state index < -0.39 is 0 Å². The first kappa shape index (κ1) is 11.6. The molecule has 1 aromatic carbocycles. The number of hydrogen-bond donors (Lipinski definition) is 2. The minimum absolute atomic E-state index is 0.369. The van der Waals surface area contributed by atoms with Crippen molar-refractivity contribution < 1.29 is 5.11 Å². The fourth-order valence-electron chi connectivity index (χ4n) is 1.62. The Labute approximate surface area is 91.6 Å². The van der Waals surface area contributed by atoms with Crippen LogP contribution in [0, 0.1) is 0 Å². The zero-order valence-electron chi connectivity index (χ0n) is 9.67. The lowest BCUT2D eigenvalue weighted by atomic mass is 9.98. The van der Waals surface area contributed by atoms with Crippen molar-refractivity contribution in [2.45, 2.75) is 33.1 Å². The molecule has 0 aliphatic carbocycles. The fraction of sp³-hybridized carbons (Fsp3) is 0.385. The monoisotopic (exact) mass is 205 g/mol. The highest BCUT2D eigenvalue weighted by Gasteiger charge is 2.09. The van der Waals surface area contributed by atoms with Gasteiger partial charge in [0.05, 0.1) is 0 Å². The normalized spacial score (nSPS) is 10.4. The van der Waals surface area contributed by atoms with Gasteiger partial charge in [-0.05, 0) is 36.2 Å². The highest BCUT2D eigenvalue weighted by molar-refractivity contribution is 5.60. The van der Waals surface area contributed by atoms with Gasteiger partial charge in [0.15, 0.2) is 0 Å². The maximum atomic E-state index is 9.87. The largest absolute Gasteiger partial charge is 0.508 e. The van der Waals surface area contributed by atoms with Crippen LogP contribution in [0.5, 0.6) is 5.75 Å². The van der Waals surface area contributed by atoms with Crippen molar-refractivity contribution in [3.63, 3.8) is 0 Å². The Balaban J connectivity index is 3.24. The van der Waals surface area contributed by atoms with Crippen LogP contribution in [0.4, 0.5) is 5.69 Å². The molecule has 15 heavy (non-hydrogen) atoms. The molecule has 1 aromatic rings. The lowest BCUT2D eigenvalue weighted by Gasteiger charge is -2.14. The molecular formula is C13H19NO. The summed E-state index contributed by atoms with van der Waals surface area (Å²) in [6, 6.07) is 3.92. The van der Waals surface area contributed by atoms with Gasteiger partial charge in [0.25, 0.3) is 0 Å². The van der Waals surface area contributed by atoms with Gasteiger partial charge in [-0.25, -0.2) is 0 Å². The summed E-state index contributed by atoms with van der Waals surface area (Å²) in [4.78, 5) is 0. The van der Waals surface area contributed by atoms with Crippen LogP contribution in [0.15, 0.2) is 24.9 Å². The second kappa shape index (κ2) is 4.87. The second-order valence-electron chi connectivity index (χ2n) is 3.92. The number of anilines is 1. The third-order valence-electron chi connectivity index (χ3n) is 2.53. The Hall–Kier alpha value is -1.44. The number of rotatable bonds is 4. The summed E-state index contributed by atoms with van der Waals surface area (Å²) < 4.78 is 0. The van der Waals surface area contributed by atoms with Gasteiger partial charge in [0.1, 0.15) is 5.75 Å². The van der Waals surface area contributed by atoms with Crippen molar-refractivity contribution in [2.75, 3.05) is 5.32 Å². The molecule has 0 aromatic heterocycles. The Morgan fingerprint density at radius 3 is 2.60 bits per heavy atom. The van der Waals surface area contributed by atoms with Crippen LogP contribution in [0.1, 0.15) is 37.8 Å². The highest BCUT2D eigenvalue weighted by Crippen LogP contribution is 2.31. The summed E-state index contributed by atoms with van der Waals surface area (Å²) in [5.41, 5.74) is 3.03. The fourth-order valence-corrected chi connectivity index (χ4v) is 1.62. The molecule has 2 nitrogen and oxygen atoms in total. The number of benzene rings is 1. The van der Waals surface area contributed by atoms with Gasteiger partial charge in [0.2, 0.25) is 0 Å². The molecule has 0 amide bonds. The van der Waals surface area contributed by atoms with E-state index in [9.17, 15) is 5.11 Å². The molecule has 0 bridgehead atoms. The van der Waals surface area contributed by atoms with Gasteiger partial charge in [0, 0.05) is 11.3 Å². The number of hydrogen-bond acceptors (Lipinski definition) is 2. The van der Waals surface area contributed by atoms with Crippen LogP contribution in [0.2, 0.25) is 0 Å². The molecule has 0 atom stereocenters. The standard InChI is InChI=1S/C13H19NO/c1-5-11-12(14-6-2)7-10(9(3)4)8-13(11)15/h6-9,14-15H,2,5H2,1,3-4H3. The van der Waals surface area contributed by atoms with E-state index in [0.29, 0.717) is 11.7 Å². The average molecular weight is 205 g/mol. The van der Waals surface area contributed by atoms with Gasteiger partial charge < -0.3 is 10.4 Å². The number of phenols is 1. The number of aromatic hydroxyl groups is 1. The number of nitrogens with one attached hydrogen (secondary N) is 1. The topological polar surface area (TPSA) is 32.3 Å². The van der Waals surface area contributed by atoms with Crippen LogP contribution < -0.4 is 5.32 Å². The van der Waals surface area contributed by atoms with E-state index in [2.05, 4.69) is 31.8 Å². The van der Waals surface area contributed by atoms with Gasteiger partial charge in [-0.15, -0.1) is 0 Å². The van der Waals surface area contributed by atoms with Crippen LogP contribution in [0.3, 0.4) is 0 Å². The maximum Gasteiger partial charge on any atom is 0.121 e. The zero-order chi connectivity index (χ0) is 11.4. The van der Waals surface area contributed by atoms with Crippen LogP contribution in [0.25, 0.3) is 0 Å². The van der Waals surface area contributed by atoms with E-state index in [0.717, 1.165) is 23.2 Å². The molecular weight excluding hydrogens is 186 g/mol. The Morgan fingerprint density at radius 2 is 2.13 bits per heavy atom. The molecule has 0 spiro atoms. The molecule has 0 aliphatic heterocycles. The van der Waals surface area contributed by atoms with Crippen LogP contribution in [-0.4, -0.2) is 5.11 Å². The van der Waals surface area contributed by atoms with Crippen molar-refractivity contribution in [1.82, 2.24) is 0 Å². The summed E-state index contributed by atoms with van der Waals surface area (Å²) in [6.07, 6.45) is 2.44.